The number of carbonyl (C=O) groups is 2. The molecular weight excluding hydrogens is 291 g/mol. The topological polar surface area (TPSA) is 95.7 Å². The Bertz CT molecular complexity index is 758. The van der Waals surface area contributed by atoms with Crippen molar-refractivity contribution in [1.29, 1.82) is 0 Å². The van der Waals surface area contributed by atoms with Crippen LogP contribution >= 0.6 is 0 Å². The zero-order chi connectivity index (χ0) is 15.9. The standard InChI is InChI=1S/C14H15FN4O3/c1-7-2-3-10-18-11(12(15)19(10)6-7)13(20)17-8-4-9(14(21)22)16-5-8/h2-3,6,8-9,16H,4-5H2,1H3,(H,17,20)(H,21,22). The van der Waals surface area contributed by atoms with Crippen LogP contribution in [0, 0.1) is 12.9 Å². The van der Waals surface area contributed by atoms with Gasteiger partial charge in [-0.2, -0.15) is 4.39 Å². The first-order valence-electron chi connectivity index (χ1n) is 6.87. The Morgan fingerprint density at radius 1 is 1.50 bits per heavy atom. The van der Waals surface area contributed by atoms with Crippen molar-refractivity contribution in [3.8, 4) is 0 Å². The number of hydrogen-bond donors (Lipinski definition) is 3. The smallest absolute Gasteiger partial charge is 0.320 e. The van der Waals surface area contributed by atoms with E-state index in [9.17, 15) is 14.0 Å². The van der Waals surface area contributed by atoms with Crippen molar-refractivity contribution in [2.75, 3.05) is 6.54 Å². The van der Waals surface area contributed by atoms with Gasteiger partial charge in [-0.1, -0.05) is 6.07 Å². The Morgan fingerprint density at radius 2 is 2.27 bits per heavy atom. The van der Waals surface area contributed by atoms with Crippen LogP contribution in [0.3, 0.4) is 0 Å². The molecule has 1 aliphatic rings. The fourth-order valence-electron chi connectivity index (χ4n) is 2.55. The van der Waals surface area contributed by atoms with Crippen LogP contribution in [-0.4, -0.2) is 45.0 Å². The summed E-state index contributed by atoms with van der Waals surface area (Å²) in [5, 5.41) is 14.3. The lowest BCUT2D eigenvalue weighted by Crippen LogP contribution is -2.36. The van der Waals surface area contributed by atoms with Gasteiger partial charge in [0, 0.05) is 18.8 Å². The number of imidazole rings is 1. The first-order valence-corrected chi connectivity index (χ1v) is 6.87. The Hall–Kier alpha value is -2.48. The number of carboxylic acids is 1. The van der Waals surface area contributed by atoms with Gasteiger partial charge < -0.3 is 15.7 Å². The molecule has 116 valence electrons. The number of carbonyl (C=O) groups excluding carboxylic acids is 1. The lowest BCUT2D eigenvalue weighted by molar-refractivity contribution is -0.139. The van der Waals surface area contributed by atoms with Crippen molar-refractivity contribution in [2.45, 2.75) is 25.4 Å². The molecule has 22 heavy (non-hydrogen) atoms. The van der Waals surface area contributed by atoms with E-state index in [-0.39, 0.29) is 18.2 Å². The van der Waals surface area contributed by atoms with E-state index in [0.29, 0.717) is 12.2 Å². The second-order valence-electron chi connectivity index (χ2n) is 5.39. The lowest BCUT2D eigenvalue weighted by Gasteiger charge is -2.09. The fourth-order valence-corrected chi connectivity index (χ4v) is 2.55. The van der Waals surface area contributed by atoms with Gasteiger partial charge in [-0.3, -0.25) is 14.0 Å². The molecule has 2 aromatic heterocycles. The molecule has 0 aliphatic carbocycles. The first kappa shape index (κ1) is 14.5. The number of rotatable bonds is 3. The van der Waals surface area contributed by atoms with Crippen molar-refractivity contribution < 1.29 is 19.1 Å². The number of carboxylic acid groups (broad SMARTS) is 1. The van der Waals surface area contributed by atoms with Gasteiger partial charge in [-0.05, 0) is 25.0 Å². The molecule has 0 aromatic carbocycles. The summed E-state index contributed by atoms with van der Waals surface area (Å²) in [7, 11) is 0. The van der Waals surface area contributed by atoms with Crippen LogP contribution in [-0.2, 0) is 4.79 Å². The number of pyridine rings is 1. The number of hydrogen-bond acceptors (Lipinski definition) is 4. The summed E-state index contributed by atoms with van der Waals surface area (Å²) in [5.41, 5.74) is 0.908. The van der Waals surface area contributed by atoms with Gasteiger partial charge in [0.1, 0.15) is 11.7 Å². The fraction of sp³-hybridized carbons (Fsp3) is 0.357. The third-order valence-corrected chi connectivity index (χ3v) is 3.69. The summed E-state index contributed by atoms with van der Waals surface area (Å²) in [6.45, 7) is 2.14. The van der Waals surface area contributed by atoms with E-state index in [0.717, 1.165) is 5.56 Å². The predicted octanol–water partition coefficient (Wildman–Crippen LogP) is 0.327. The van der Waals surface area contributed by atoms with Crippen LogP contribution in [0.15, 0.2) is 18.3 Å². The predicted molar refractivity (Wildman–Crippen MR) is 75.2 cm³/mol. The molecule has 1 fully saturated rings. The van der Waals surface area contributed by atoms with Crippen LogP contribution in [0.4, 0.5) is 4.39 Å². The Kier molecular flexibility index (Phi) is 3.53. The molecule has 1 saturated heterocycles. The van der Waals surface area contributed by atoms with Crippen LogP contribution in [0.5, 0.6) is 0 Å². The van der Waals surface area contributed by atoms with Crippen LogP contribution in [0.2, 0.25) is 0 Å². The average molecular weight is 306 g/mol. The zero-order valence-corrected chi connectivity index (χ0v) is 11.8. The summed E-state index contributed by atoms with van der Waals surface area (Å²) >= 11 is 0. The number of amides is 1. The zero-order valence-electron chi connectivity index (χ0n) is 11.8. The molecule has 1 aliphatic heterocycles. The second-order valence-corrected chi connectivity index (χ2v) is 5.39. The normalized spacial score (nSPS) is 21.2. The Balaban J connectivity index is 1.78. The maximum absolute atomic E-state index is 14.3. The van der Waals surface area contributed by atoms with Crippen molar-refractivity contribution in [3.63, 3.8) is 0 Å². The summed E-state index contributed by atoms with van der Waals surface area (Å²) in [4.78, 5) is 27.0. The van der Waals surface area contributed by atoms with Gasteiger partial charge >= 0.3 is 5.97 Å². The third kappa shape index (κ3) is 2.52. The molecule has 8 heteroatoms. The highest BCUT2D eigenvalue weighted by Crippen LogP contribution is 2.14. The van der Waals surface area contributed by atoms with Crippen molar-refractivity contribution in [2.24, 2.45) is 0 Å². The van der Waals surface area contributed by atoms with Gasteiger partial charge in [0.05, 0.1) is 0 Å². The van der Waals surface area contributed by atoms with Crippen molar-refractivity contribution in [3.05, 3.63) is 35.5 Å². The highest BCUT2D eigenvalue weighted by Gasteiger charge is 2.31. The molecule has 0 radical (unpaired) electrons. The Labute approximate surface area is 125 Å². The van der Waals surface area contributed by atoms with Crippen molar-refractivity contribution >= 4 is 17.5 Å². The molecule has 0 spiro atoms. The van der Waals surface area contributed by atoms with Gasteiger partial charge in [0.25, 0.3) is 5.91 Å². The van der Waals surface area contributed by atoms with E-state index in [4.69, 9.17) is 5.11 Å². The molecule has 3 N–H and O–H groups in total. The number of fused-ring (bicyclic) bond motifs is 1. The highest BCUT2D eigenvalue weighted by molar-refractivity contribution is 5.93. The second kappa shape index (κ2) is 5.38. The monoisotopic (exact) mass is 306 g/mol. The van der Waals surface area contributed by atoms with E-state index < -0.39 is 23.9 Å². The van der Waals surface area contributed by atoms with E-state index >= 15 is 0 Å². The van der Waals surface area contributed by atoms with E-state index in [1.165, 1.54) is 4.40 Å². The largest absolute Gasteiger partial charge is 0.480 e. The number of nitrogens with zero attached hydrogens (tertiary/aromatic N) is 2. The highest BCUT2D eigenvalue weighted by atomic mass is 19.1. The maximum atomic E-state index is 14.3. The maximum Gasteiger partial charge on any atom is 0.320 e. The van der Waals surface area contributed by atoms with Gasteiger partial charge in [-0.15, -0.1) is 0 Å². The minimum absolute atomic E-state index is 0.259. The molecule has 3 heterocycles. The molecule has 2 aromatic rings. The number of aliphatic carboxylic acids is 1. The third-order valence-electron chi connectivity index (χ3n) is 3.69. The average Bonchev–Trinajstić information content (AvgIpc) is 3.05. The van der Waals surface area contributed by atoms with Crippen molar-refractivity contribution in [1.82, 2.24) is 20.0 Å². The first-order chi connectivity index (χ1) is 10.5. The molecule has 1 amide bonds. The van der Waals surface area contributed by atoms with Crippen LogP contribution in [0.1, 0.15) is 22.5 Å². The SMILES string of the molecule is Cc1ccc2nc(C(=O)NC3CNC(C(=O)O)C3)c(F)n2c1. The summed E-state index contributed by atoms with van der Waals surface area (Å²) in [5.74, 6) is -2.33. The minimum Gasteiger partial charge on any atom is -0.480 e. The quantitative estimate of drug-likeness (QED) is 0.759. The summed E-state index contributed by atoms with van der Waals surface area (Å²) < 4.78 is 15.5. The molecule has 0 saturated carbocycles. The van der Waals surface area contributed by atoms with Gasteiger partial charge in [-0.25, -0.2) is 4.98 Å². The molecule has 0 bridgehead atoms. The van der Waals surface area contributed by atoms with E-state index in [2.05, 4.69) is 15.6 Å². The molecule has 2 atom stereocenters. The molecule has 3 rings (SSSR count). The number of halogens is 1. The van der Waals surface area contributed by atoms with E-state index in [1.54, 1.807) is 18.3 Å². The van der Waals surface area contributed by atoms with Crippen LogP contribution in [0.25, 0.3) is 5.65 Å². The van der Waals surface area contributed by atoms with Gasteiger partial charge in [0.15, 0.2) is 5.69 Å². The number of nitrogens with one attached hydrogen (secondary N) is 2. The van der Waals surface area contributed by atoms with Gasteiger partial charge in [0.2, 0.25) is 5.95 Å². The Morgan fingerprint density at radius 3 is 2.95 bits per heavy atom. The minimum atomic E-state index is -0.967. The number of aromatic nitrogens is 2. The molecule has 2 unspecified atom stereocenters. The summed E-state index contributed by atoms with van der Waals surface area (Å²) in [6.07, 6.45) is 1.82. The number of aryl methyl sites for hydroxylation is 1. The van der Waals surface area contributed by atoms with Crippen LogP contribution < -0.4 is 10.6 Å². The molecule has 7 nitrogen and oxygen atoms in total. The lowest BCUT2D eigenvalue weighted by atomic mass is 10.1. The summed E-state index contributed by atoms with van der Waals surface area (Å²) in [6, 6.07) is 2.35. The van der Waals surface area contributed by atoms with E-state index in [1.807, 2.05) is 6.92 Å². The molecular formula is C14H15FN4O3.